The maximum Gasteiger partial charge on any atom is 0.223 e. The van der Waals surface area contributed by atoms with Crippen LogP contribution in [-0.4, -0.2) is 47.7 Å². The average molecular weight is 670 g/mol. The first-order chi connectivity index (χ1) is 21.9. The number of rotatable bonds is 11. The Morgan fingerprint density at radius 3 is 2.22 bits per heavy atom. The lowest BCUT2D eigenvalue weighted by Gasteiger charge is -2.62. The van der Waals surface area contributed by atoms with Gasteiger partial charge in [0.25, 0.3) is 0 Å². The Morgan fingerprint density at radius 2 is 1.49 bits per heavy atom. The van der Waals surface area contributed by atoms with E-state index < -0.39 is 0 Å². The summed E-state index contributed by atoms with van der Waals surface area (Å²) in [5.74, 6) is 2.84. The molecule has 4 bridgehead atoms. The average Bonchev–Trinajstić information content (AvgIpc) is 3.04. The van der Waals surface area contributed by atoms with Gasteiger partial charge >= 0.3 is 0 Å². The second-order valence-corrected chi connectivity index (χ2v) is 15.4. The van der Waals surface area contributed by atoms with Crippen molar-refractivity contribution in [2.24, 2.45) is 17.3 Å². The van der Waals surface area contributed by atoms with Crippen LogP contribution in [0.1, 0.15) is 74.5 Å². The molecule has 5 aliphatic rings. The largest absolute Gasteiger partial charge is 0.489 e. The third-order valence-electron chi connectivity index (χ3n) is 11.2. The van der Waals surface area contributed by atoms with Crippen LogP contribution in [0.25, 0.3) is 0 Å². The molecule has 1 amide bonds. The van der Waals surface area contributed by atoms with E-state index >= 15 is 0 Å². The maximum atomic E-state index is 13.4. The molecule has 2 unspecified atom stereocenters. The van der Waals surface area contributed by atoms with E-state index in [2.05, 4.69) is 75.4 Å². The summed E-state index contributed by atoms with van der Waals surface area (Å²) in [6, 6.07) is 27.6. The van der Waals surface area contributed by atoms with Gasteiger partial charge in [-0.1, -0.05) is 76.6 Å². The Balaban J connectivity index is 0.880. The van der Waals surface area contributed by atoms with Crippen LogP contribution in [0.3, 0.4) is 0 Å². The van der Waals surface area contributed by atoms with Gasteiger partial charge in [-0.15, -0.1) is 0 Å². The molecule has 0 N–H and O–H groups in total. The second kappa shape index (κ2) is 13.0. The van der Waals surface area contributed by atoms with E-state index in [1.807, 2.05) is 29.2 Å². The zero-order chi connectivity index (χ0) is 30.9. The third kappa shape index (κ3) is 6.92. The smallest absolute Gasteiger partial charge is 0.223 e. The second-order valence-electron chi connectivity index (χ2n) is 14.5. The lowest BCUT2D eigenvalue weighted by molar-refractivity contribution is -0.137. The lowest BCUT2D eigenvalue weighted by Crippen LogP contribution is -2.54. The minimum Gasteiger partial charge on any atom is -0.489 e. The number of ether oxygens (including phenoxy) is 1. The number of nitrogens with zero attached hydrogens (tertiary/aromatic N) is 2. The van der Waals surface area contributed by atoms with Crippen LogP contribution in [0, 0.1) is 17.3 Å². The van der Waals surface area contributed by atoms with Gasteiger partial charge in [0, 0.05) is 62.0 Å². The fourth-order valence-corrected chi connectivity index (χ4v) is 9.88. The van der Waals surface area contributed by atoms with Crippen LogP contribution in [0.4, 0.5) is 0 Å². The van der Waals surface area contributed by atoms with Crippen LogP contribution in [0.15, 0.2) is 83.3 Å². The quantitative estimate of drug-likeness (QED) is 0.208. The van der Waals surface area contributed by atoms with Crippen molar-refractivity contribution in [1.82, 2.24) is 9.80 Å². The summed E-state index contributed by atoms with van der Waals surface area (Å²) in [7, 11) is 0. The van der Waals surface area contributed by atoms with Gasteiger partial charge in [-0.3, -0.25) is 14.5 Å². The summed E-state index contributed by atoms with van der Waals surface area (Å²) in [6.07, 6.45) is 8.89. The van der Waals surface area contributed by atoms with E-state index in [0.717, 1.165) is 53.7 Å². The molecule has 45 heavy (non-hydrogen) atoms. The molecule has 4 aliphatic carbocycles. The molecule has 5 fully saturated rings. The molecule has 2 atom stereocenters. The Bertz CT molecular complexity index is 1480. The molecule has 236 valence electrons. The molecule has 0 aromatic heterocycles. The van der Waals surface area contributed by atoms with E-state index in [0.29, 0.717) is 44.7 Å². The van der Waals surface area contributed by atoms with Gasteiger partial charge in [0.2, 0.25) is 5.91 Å². The predicted octanol–water partition coefficient (Wildman–Crippen LogP) is 7.95. The van der Waals surface area contributed by atoms with Crippen molar-refractivity contribution in [1.29, 1.82) is 0 Å². The molecule has 3 aromatic carbocycles. The summed E-state index contributed by atoms with van der Waals surface area (Å²) in [6.45, 7) is 4.40. The first kappa shape index (κ1) is 30.7. The first-order valence-electron chi connectivity index (χ1n) is 16.9. The number of hydrogen-bond acceptors (Lipinski definition) is 4. The van der Waals surface area contributed by atoms with E-state index in [4.69, 9.17) is 4.74 Å². The number of piperazine rings is 1. The topological polar surface area (TPSA) is 49.9 Å². The highest BCUT2D eigenvalue weighted by Crippen LogP contribution is 2.66. The molecule has 1 heterocycles. The lowest BCUT2D eigenvalue weighted by atomic mass is 9.42. The zero-order valence-electron chi connectivity index (χ0n) is 26.3. The number of halogens is 1. The highest BCUT2D eigenvalue weighted by molar-refractivity contribution is 9.10. The molecular formula is C39H45BrN2O3. The number of benzene rings is 3. The third-order valence-corrected chi connectivity index (χ3v) is 11.7. The minimum absolute atomic E-state index is 0.132. The highest BCUT2D eigenvalue weighted by Gasteiger charge is 2.58. The van der Waals surface area contributed by atoms with Crippen LogP contribution in [0.2, 0.25) is 0 Å². The number of ketones is 1. The fourth-order valence-electron chi connectivity index (χ4n) is 9.61. The summed E-state index contributed by atoms with van der Waals surface area (Å²) in [4.78, 5) is 31.0. The van der Waals surface area contributed by atoms with Crippen molar-refractivity contribution in [3.05, 3.63) is 100 Å². The Hall–Kier alpha value is -2.96. The number of amides is 1. The normalized spacial score (nSPS) is 27.4. The number of carbonyl (C=O) groups is 2. The van der Waals surface area contributed by atoms with Gasteiger partial charge in [-0.05, 0) is 90.5 Å². The van der Waals surface area contributed by atoms with Crippen molar-refractivity contribution >= 4 is 27.6 Å². The van der Waals surface area contributed by atoms with Gasteiger partial charge in [0.1, 0.15) is 18.1 Å². The predicted molar refractivity (Wildman–Crippen MR) is 181 cm³/mol. The van der Waals surface area contributed by atoms with Crippen molar-refractivity contribution in [3.63, 3.8) is 0 Å². The van der Waals surface area contributed by atoms with Gasteiger partial charge in [0.05, 0.1) is 0 Å². The van der Waals surface area contributed by atoms with E-state index in [1.54, 1.807) is 0 Å². The van der Waals surface area contributed by atoms with E-state index in [9.17, 15) is 9.59 Å². The molecule has 0 radical (unpaired) electrons. The molecule has 5 nitrogen and oxygen atoms in total. The minimum atomic E-state index is 0.132. The molecule has 3 aromatic rings. The van der Waals surface area contributed by atoms with Crippen LogP contribution in [0.5, 0.6) is 5.75 Å². The molecule has 0 spiro atoms. The molecular weight excluding hydrogens is 624 g/mol. The van der Waals surface area contributed by atoms with E-state index in [1.165, 1.54) is 43.2 Å². The Labute approximate surface area is 276 Å². The Kier molecular flexibility index (Phi) is 8.89. The molecule has 1 aliphatic heterocycles. The molecule has 1 saturated heterocycles. The molecule has 4 saturated carbocycles. The number of para-hydroxylation sites is 1. The van der Waals surface area contributed by atoms with Crippen LogP contribution < -0.4 is 4.74 Å². The van der Waals surface area contributed by atoms with Gasteiger partial charge in [0.15, 0.2) is 0 Å². The van der Waals surface area contributed by atoms with Gasteiger partial charge in [-0.25, -0.2) is 0 Å². The Morgan fingerprint density at radius 1 is 0.800 bits per heavy atom. The van der Waals surface area contributed by atoms with Crippen molar-refractivity contribution in [2.45, 2.75) is 76.4 Å². The SMILES string of the molecule is O=C(CCC(=O)N1CCN(Cc2ccccc2OCc2ccc(Br)cc2)CC1)CC12CC3CC(C1)CC(c1ccccc1)(C3)C2. The van der Waals surface area contributed by atoms with Gasteiger partial charge < -0.3 is 9.64 Å². The van der Waals surface area contributed by atoms with E-state index in [-0.39, 0.29) is 16.7 Å². The van der Waals surface area contributed by atoms with Crippen molar-refractivity contribution in [3.8, 4) is 5.75 Å². The summed E-state index contributed by atoms with van der Waals surface area (Å²) >= 11 is 3.49. The number of hydrogen-bond donors (Lipinski definition) is 0. The number of Topliss-reactive ketones (excluding diaryl/α,β-unsaturated/α-hetero) is 1. The first-order valence-corrected chi connectivity index (χ1v) is 17.7. The fraction of sp³-hybridized carbons (Fsp3) is 0.487. The molecule has 8 rings (SSSR count). The van der Waals surface area contributed by atoms with Crippen molar-refractivity contribution < 1.29 is 14.3 Å². The highest BCUT2D eigenvalue weighted by atomic mass is 79.9. The van der Waals surface area contributed by atoms with Crippen LogP contribution in [-0.2, 0) is 28.2 Å². The summed E-state index contributed by atoms with van der Waals surface area (Å²) in [5.41, 5.74) is 4.19. The summed E-state index contributed by atoms with van der Waals surface area (Å²) < 4.78 is 7.26. The van der Waals surface area contributed by atoms with Crippen molar-refractivity contribution in [2.75, 3.05) is 26.2 Å². The summed E-state index contributed by atoms with van der Waals surface area (Å²) in [5, 5.41) is 0. The standard InChI is InChI=1S/C39H45BrN2O3/c40-34-12-10-29(11-13-34)27-45-36-9-5-4-6-32(36)26-41-16-18-42(19-17-41)37(44)15-14-35(43)25-38-21-30-20-31(22-38)24-39(23-30,28-38)33-7-2-1-3-8-33/h1-13,30-31H,14-28H2. The molecule has 6 heteroatoms. The zero-order valence-corrected chi connectivity index (χ0v) is 27.8. The monoisotopic (exact) mass is 668 g/mol. The van der Waals surface area contributed by atoms with Gasteiger partial charge in [-0.2, -0.15) is 0 Å². The number of carbonyl (C=O) groups excluding carboxylic acids is 2. The maximum absolute atomic E-state index is 13.4. The van der Waals surface area contributed by atoms with Crippen LogP contribution >= 0.6 is 15.9 Å².